The third-order valence-electron chi connectivity index (χ3n) is 2.56. The van der Waals surface area contributed by atoms with Gasteiger partial charge in [-0.15, -0.1) is 13.2 Å². The molecule has 0 aromatic heterocycles. The molecule has 2 aromatic rings. The second kappa shape index (κ2) is 6.39. The fourth-order valence-corrected chi connectivity index (χ4v) is 1.93. The number of hydrogen-bond donors (Lipinski definition) is 0. The lowest BCUT2D eigenvalue weighted by molar-refractivity contribution is -0.274. The summed E-state index contributed by atoms with van der Waals surface area (Å²) >= 11 is 5.81. The van der Waals surface area contributed by atoms with E-state index in [9.17, 15) is 22.0 Å². The van der Waals surface area contributed by atoms with Gasteiger partial charge in [-0.1, -0.05) is 23.7 Å². The molecule has 0 bridgehead atoms. The molecule has 2 aromatic carbocycles. The Balaban J connectivity index is 2.33. The minimum Gasteiger partial charge on any atom is -0.434 e. The van der Waals surface area contributed by atoms with Crippen molar-refractivity contribution < 1.29 is 31.4 Å². The van der Waals surface area contributed by atoms with Gasteiger partial charge in [-0.2, -0.15) is 8.78 Å². The summed E-state index contributed by atoms with van der Waals surface area (Å²) < 4.78 is 69.1. The van der Waals surface area contributed by atoms with E-state index in [1.807, 2.05) is 0 Å². The second-order valence-corrected chi connectivity index (χ2v) is 4.53. The Kier molecular flexibility index (Phi) is 4.75. The Morgan fingerprint density at radius 2 is 1.59 bits per heavy atom. The number of benzene rings is 2. The van der Waals surface area contributed by atoms with Crippen molar-refractivity contribution in [3.8, 4) is 22.6 Å². The van der Waals surface area contributed by atoms with Gasteiger partial charge in [0, 0.05) is 10.6 Å². The summed E-state index contributed by atoms with van der Waals surface area (Å²) in [6.45, 7) is -3.03. The first kappa shape index (κ1) is 16.4. The first-order chi connectivity index (χ1) is 10.2. The molecule has 0 aliphatic heterocycles. The molecule has 2 nitrogen and oxygen atoms in total. The van der Waals surface area contributed by atoms with E-state index < -0.39 is 18.7 Å². The second-order valence-electron chi connectivity index (χ2n) is 4.09. The molecule has 0 fully saturated rings. The van der Waals surface area contributed by atoms with E-state index in [2.05, 4.69) is 9.47 Å². The average Bonchev–Trinajstić information content (AvgIpc) is 2.39. The first-order valence-corrected chi connectivity index (χ1v) is 6.23. The average molecular weight is 339 g/mol. The van der Waals surface area contributed by atoms with Crippen LogP contribution in [0.5, 0.6) is 11.5 Å². The van der Waals surface area contributed by atoms with Crippen LogP contribution in [-0.2, 0) is 0 Å². The number of rotatable bonds is 4. The SMILES string of the molecule is FC(F)Oc1ccc(Cl)cc1-c1ccc(OC(F)(F)F)cc1. The highest BCUT2D eigenvalue weighted by Gasteiger charge is 2.31. The lowest BCUT2D eigenvalue weighted by atomic mass is 10.0. The fourth-order valence-electron chi connectivity index (χ4n) is 1.76. The predicted molar refractivity (Wildman–Crippen MR) is 70.2 cm³/mol. The molecule has 0 heterocycles. The van der Waals surface area contributed by atoms with E-state index in [0.717, 1.165) is 12.1 Å². The highest BCUT2D eigenvalue weighted by molar-refractivity contribution is 6.31. The molecule has 0 radical (unpaired) electrons. The van der Waals surface area contributed by atoms with E-state index in [1.54, 1.807) is 0 Å². The van der Waals surface area contributed by atoms with Gasteiger partial charge in [-0.05, 0) is 35.9 Å². The molecule has 0 unspecified atom stereocenters. The maximum Gasteiger partial charge on any atom is 0.573 e. The van der Waals surface area contributed by atoms with Gasteiger partial charge >= 0.3 is 13.0 Å². The van der Waals surface area contributed by atoms with Gasteiger partial charge in [-0.3, -0.25) is 0 Å². The van der Waals surface area contributed by atoms with Gasteiger partial charge in [-0.25, -0.2) is 0 Å². The summed E-state index contributed by atoms with van der Waals surface area (Å²) in [6.07, 6.45) is -4.80. The monoisotopic (exact) mass is 338 g/mol. The summed E-state index contributed by atoms with van der Waals surface area (Å²) in [5.41, 5.74) is 0.582. The minimum absolute atomic E-state index is 0.135. The summed E-state index contributed by atoms with van der Waals surface area (Å²) in [5, 5.41) is 0.271. The quantitative estimate of drug-likeness (QED) is 0.685. The van der Waals surface area contributed by atoms with Crippen LogP contribution in [0, 0.1) is 0 Å². The van der Waals surface area contributed by atoms with E-state index in [0.29, 0.717) is 5.56 Å². The zero-order valence-electron chi connectivity index (χ0n) is 10.7. The van der Waals surface area contributed by atoms with Crippen molar-refractivity contribution in [3.63, 3.8) is 0 Å². The molecule has 0 aliphatic carbocycles. The van der Waals surface area contributed by atoms with Gasteiger partial charge in [0.1, 0.15) is 11.5 Å². The third kappa shape index (κ3) is 4.49. The standard InChI is InChI=1S/C14H8ClF5O2/c15-9-3-6-12(21-13(16)17)11(7-9)8-1-4-10(5-2-8)22-14(18,19)20/h1-7,13H. The third-order valence-corrected chi connectivity index (χ3v) is 2.79. The highest BCUT2D eigenvalue weighted by atomic mass is 35.5. The topological polar surface area (TPSA) is 18.5 Å². The summed E-state index contributed by atoms with van der Waals surface area (Å²) in [4.78, 5) is 0. The van der Waals surface area contributed by atoms with E-state index >= 15 is 0 Å². The van der Waals surface area contributed by atoms with Crippen molar-refractivity contribution in [3.05, 3.63) is 47.5 Å². The number of hydrogen-bond acceptors (Lipinski definition) is 2. The Labute approximate surface area is 127 Å². The molecule has 2 rings (SSSR count). The molecule has 118 valence electrons. The van der Waals surface area contributed by atoms with Gasteiger partial charge < -0.3 is 9.47 Å². The summed E-state index contributed by atoms with van der Waals surface area (Å²) in [5.74, 6) is -0.557. The minimum atomic E-state index is -4.80. The molecule has 0 atom stereocenters. The van der Waals surface area contributed by atoms with E-state index in [4.69, 9.17) is 11.6 Å². The van der Waals surface area contributed by atoms with Crippen molar-refractivity contribution >= 4 is 11.6 Å². The van der Waals surface area contributed by atoms with Crippen LogP contribution in [-0.4, -0.2) is 13.0 Å². The Morgan fingerprint density at radius 1 is 0.955 bits per heavy atom. The molecule has 0 spiro atoms. The smallest absolute Gasteiger partial charge is 0.434 e. The van der Waals surface area contributed by atoms with Gasteiger partial charge in [0.2, 0.25) is 0 Å². The first-order valence-electron chi connectivity index (χ1n) is 5.85. The van der Waals surface area contributed by atoms with Gasteiger partial charge in [0.25, 0.3) is 0 Å². The molecule has 0 aliphatic rings. The van der Waals surface area contributed by atoms with Crippen LogP contribution >= 0.6 is 11.6 Å². The van der Waals surface area contributed by atoms with Crippen molar-refractivity contribution in [1.82, 2.24) is 0 Å². The number of ether oxygens (including phenoxy) is 2. The molecule has 0 saturated carbocycles. The van der Waals surface area contributed by atoms with Crippen LogP contribution < -0.4 is 9.47 Å². The van der Waals surface area contributed by atoms with E-state index in [-0.39, 0.29) is 16.3 Å². The largest absolute Gasteiger partial charge is 0.573 e. The molecular weight excluding hydrogens is 331 g/mol. The number of alkyl halides is 5. The summed E-state index contributed by atoms with van der Waals surface area (Å²) in [7, 11) is 0. The Hall–Kier alpha value is -2.02. The zero-order valence-corrected chi connectivity index (χ0v) is 11.5. The highest BCUT2D eigenvalue weighted by Crippen LogP contribution is 2.35. The van der Waals surface area contributed by atoms with Crippen molar-refractivity contribution in [2.24, 2.45) is 0 Å². The van der Waals surface area contributed by atoms with Crippen molar-refractivity contribution in [2.45, 2.75) is 13.0 Å². The number of halogens is 6. The fraction of sp³-hybridized carbons (Fsp3) is 0.143. The molecule has 0 amide bonds. The lowest BCUT2D eigenvalue weighted by Crippen LogP contribution is -2.16. The van der Waals surface area contributed by atoms with Crippen molar-refractivity contribution in [1.29, 1.82) is 0 Å². The van der Waals surface area contributed by atoms with Crippen LogP contribution in [0.1, 0.15) is 0 Å². The lowest BCUT2D eigenvalue weighted by Gasteiger charge is -2.12. The Bertz CT molecular complexity index is 641. The van der Waals surface area contributed by atoms with Crippen molar-refractivity contribution in [2.75, 3.05) is 0 Å². The van der Waals surface area contributed by atoms with Crippen LogP contribution in [0.15, 0.2) is 42.5 Å². The molecule has 8 heteroatoms. The zero-order chi connectivity index (χ0) is 16.3. The summed E-state index contributed by atoms with van der Waals surface area (Å²) in [6, 6.07) is 8.69. The normalized spacial score (nSPS) is 11.6. The van der Waals surface area contributed by atoms with E-state index in [1.165, 1.54) is 30.3 Å². The maximum atomic E-state index is 12.4. The predicted octanol–water partition coefficient (Wildman–Crippen LogP) is 5.51. The molecular formula is C14H8ClF5O2. The molecule has 0 saturated heterocycles. The van der Waals surface area contributed by atoms with Crippen LogP contribution in [0.25, 0.3) is 11.1 Å². The maximum absolute atomic E-state index is 12.4. The van der Waals surface area contributed by atoms with Gasteiger partial charge in [0.15, 0.2) is 0 Å². The van der Waals surface area contributed by atoms with Crippen LogP contribution in [0.3, 0.4) is 0 Å². The molecule has 0 N–H and O–H groups in total. The Morgan fingerprint density at radius 3 is 2.14 bits per heavy atom. The molecule has 22 heavy (non-hydrogen) atoms. The van der Waals surface area contributed by atoms with Crippen LogP contribution in [0.4, 0.5) is 22.0 Å². The van der Waals surface area contributed by atoms with Gasteiger partial charge in [0.05, 0.1) is 0 Å². The van der Waals surface area contributed by atoms with Crippen LogP contribution in [0.2, 0.25) is 5.02 Å².